The van der Waals surface area contributed by atoms with Crippen LogP contribution in [0.25, 0.3) is 11.1 Å². The molecular weight excluding hydrogens is 438 g/mol. The number of sulfonamides is 1. The Morgan fingerprint density at radius 1 is 0.875 bits per heavy atom. The van der Waals surface area contributed by atoms with E-state index in [2.05, 4.69) is 4.72 Å². The first-order valence-electron chi connectivity index (χ1n) is 10.2. The summed E-state index contributed by atoms with van der Waals surface area (Å²) in [5.41, 5.74) is 5.12. The van der Waals surface area contributed by atoms with Gasteiger partial charge in [0.15, 0.2) is 0 Å². The topological polar surface area (TPSA) is 63.2 Å². The van der Waals surface area contributed by atoms with E-state index < -0.39 is 10.0 Å². The van der Waals surface area contributed by atoms with Crippen molar-refractivity contribution in [3.05, 3.63) is 106 Å². The lowest BCUT2D eigenvalue weighted by molar-refractivity contribution is -0.117. The molecule has 4 aromatic rings. The minimum atomic E-state index is -3.78. The van der Waals surface area contributed by atoms with E-state index in [0.717, 1.165) is 22.3 Å². The molecule has 0 fully saturated rings. The average Bonchev–Trinajstić information content (AvgIpc) is 3.30. The van der Waals surface area contributed by atoms with Crippen LogP contribution in [-0.2, 0) is 27.7 Å². The van der Waals surface area contributed by atoms with Crippen LogP contribution in [-0.4, -0.2) is 14.2 Å². The number of Topliss-reactive ketones (excluding diaryl/α,β-unsaturated/α-hetero) is 1. The average molecular weight is 462 g/mol. The summed E-state index contributed by atoms with van der Waals surface area (Å²) in [5, 5.41) is 3.97. The maximum absolute atomic E-state index is 13.0. The van der Waals surface area contributed by atoms with Gasteiger partial charge in [-0.25, -0.2) is 8.42 Å². The summed E-state index contributed by atoms with van der Waals surface area (Å²) in [7, 11) is -3.78. The maximum atomic E-state index is 13.0. The van der Waals surface area contributed by atoms with Crippen molar-refractivity contribution >= 4 is 32.8 Å². The monoisotopic (exact) mass is 461 g/mol. The van der Waals surface area contributed by atoms with Crippen molar-refractivity contribution < 1.29 is 13.2 Å². The minimum absolute atomic E-state index is 0.0429. The Bertz CT molecular complexity index is 1330. The zero-order valence-corrected chi connectivity index (χ0v) is 19.2. The fourth-order valence-electron chi connectivity index (χ4n) is 3.60. The molecule has 1 N–H and O–H groups in total. The molecule has 1 heterocycles. The summed E-state index contributed by atoms with van der Waals surface area (Å²) in [6, 6.07) is 23.6. The van der Waals surface area contributed by atoms with Crippen molar-refractivity contribution in [3.63, 3.8) is 0 Å². The number of carbonyl (C=O) groups is 1. The van der Waals surface area contributed by atoms with Gasteiger partial charge in [-0.15, -0.1) is 0 Å². The van der Waals surface area contributed by atoms with E-state index in [1.54, 1.807) is 53.8 Å². The van der Waals surface area contributed by atoms with Gasteiger partial charge in [-0.1, -0.05) is 48.5 Å². The van der Waals surface area contributed by atoms with Crippen LogP contribution >= 0.6 is 11.3 Å². The number of hydrogen-bond donors (Lipinski definition) is 1. The van der Waals surface area contributed by atoms with Gasteiger partial charge in [0.1, 0.15) is 5.78 Å². The molecule has 4 rings (SSSR count). The lowest BCUT2D eigenvalue weighted by Crippen LogP contribution is -2.14. The highest BCUT2D eigenvalue weighted by molar-refractivity contribution is 7.92. The van der Waals surface area contributed by atoms with Crippen molar-refractivity contribution in [2.45, 2.75) is 24.7 Å². The molecule has 0 atom stereocenters. The molecule has 4 nitrogen and oxygen atoms in total. The number of hydrogen-bond acceptors (Lipinski definition) is 4. The number of rotatable bonds is 8. The number of carbonyl (C=O) groups excluding carboxylic acids is 1. The van der Waals surface area contributed by atoms with E-state index in [-0.39, 0.29) is 17.1 Å². The second kappa shape index (κ2) is 9.51. The second-order valence-electron chi connectivity index (χ2n) is 7.62. The molecule has 0 aliphatic rings. The molecule has 0 aliphatic heterocycles. The molecule has 32 heavy (non-hydrogen) atoms. The first-order valence-corrected chi connectivity index (χ1v) is 12.6. The Labute approximate surface area is 192 Å². The van der Waals surface area contributed by atoms with Crippen LogP contribution in [0, 0.1) is 6.92 Å². The highest BCUT2D eigenvalue weighted by Gasteiger charge is 2.19. The highest BCUT2D eigenvalue weighted by Crippen LogP contribution is 2.29. The van der Waals surface area contributed by atoms with Crippen molar-refractivity contribution in [3.8, 4) is 11.1 Å². The first kappa shape index (κ1) is 22.0. The molecule has 0 saturated carbocycles. The molecule has 1 aromatic heterocycles. The molecule has 0 bridgehead atoms. The molecule has 6 heteroatoms. The van der Waals surface area contributed by atoms with E-state index in [0.29, 0.717) is 17.7 Å². The third-order valence-electron chi connectivity index (χ3n) is 5.28. The Morgan fingerprint density at radius 2 is 1.59 bits per heavy atom. The molecule has 0 amide bonds. The third-order valence-corrected chi connectivity index (χ3v) is 7.34. The van der Waals surface area contributed by atoms with Gasteiger partial charge in [-0.05, 0) is 75.8 Å². The van der Waals surface area contributed by atoms with Gasteiger partial charge < -0.3 is 0 Å². The fourth-order valence-corrected chi connectivity index (χ4v) is 5.36. The van der Waals surface area contributed by atoms with Crippen LogP contribution in [0.1, 0.15) is 16.7 Å². The van der Waals surface area contributed by atoms with Gasteiger partial charge in [0, 0.05) is 18.5 Å². The number of benzene rings is 3. The number of aryl methyl sites for hydroxylation is 1. The quantitative estimate of drug-likeness (QED) is 0.356. The van der Waals surface area contributed by atoms with Crippen molar-refractivity contribution in [1.29, 1.82) is 0 Å². The lowest BCUT2D eigenvalue weighted by Gasteiger charge is -2.13. The molecule has 3 aromatic carbocycles. The largest absolute Gasteiger partial charge is 0.299 e. The summed E-state index contributed by atoms with van der Waals surface area (Å²) in [4.78, 5) is 13.1. The number of thiophene rings is 1. The molecule has 0 spiro atoms. The van der Waals surface area contributed by atoms with Gasteiger partial charge in [0.2, 0.25) is 0 Å². The van der Waals surface area contributed by atoms with Crippen molar-refractivity contribution in [1.82, 2.24) is 0 Å². The van der Waals surface area contributed by atoms with Crippen LogP contribution in [0.2, 0.25) is 0 Å². The Balaban J connectivity index is 1.66. The van der Waals surface area contributed by atoms with Crippen LogP contribution in [0.3, 0.4) is 0 Å². The van der Waals surface area contributed by atoms with Gasteiger partial charge in [-0.3, -0.25) is 9.52 Å². The number of para-hydroxylation sites is 1. The van der Waals surface area contributed by atoms with E-state index in [9.17, 15) is 13.2 Å². The number of anilines is 1. The van der Waals surface area contributed by atoms with Crippen LogP contribution in [0.5, 0.6) is 0 Å². The number of ketones is 1. The minimum Gasteiger partial charge on any atom is -0.299 e. The van der Waals surface area contributed by atoms with Gasteiger partial charge in [0.05, 0.1) is 4.90 Å². The number of nitrogens with one attached hydrogen (secondary N) is 1. The van der Waals surface area contributed by atoms with E-state index in [1.165, 1.54) is 0 Å². The summed E-state index contributed by atoms with van der Waals surface area (Å²) >= 11 is 1.56. The van der Waals surface area contributed by atoms with E-state index in [1.807, 2.05) is 54.1 Å². The molecule has 0 aliphatic carbocycles. The molecule has 0 radical (unpaired) electrons. The zero-order valence-electron chi connectivity index (χ0n) is 17.6. The van der Waals surface area contributed by atoms with Gasteiger partial charge >= 0.3 is 0 Å². The standard InChI is InChI=1S/C26H23NO3S2/c1-19-7-5-6-8-20(19)15-24(28)16-22-17-25(11-12-26(22)21-13-14-31-18-21)32(29,30)27-23-9-3-2-4-10-23/h2-14,17-18,27H,15-16H2,1H3. The zero-order chi connectivity index (χ0) is 22.6. The smallest absolute Gasteiger partial charge is 0.261 e. The van der Waals surface area contributed by atoms with Crippen LogP contribution < -0.4 is 4.72 Å². The summed E-state index contributed by atoms with van der Waals surface area (Å²) < 4.78 is 28.6. The van der Waals surface area contributed by atoms with Gasteiger partial charge in [0.25, 0.3) is 10.0 Å². The predicted molar refractivity (Wildman–Crippen MR) is 131 cm³/mol. The molecule has 162 valence electrons. The Morgan fingerprint density at radius 3 is 2.31 bits per heavy atom. The van der Waals surface area contributed by atoms with Gasteiger partial charge in [-0.2, -0.15) is 11.3 Å². The SMILES string of the molecule is Cc1ccccc1CC(=O)Cc1cc(S(=O)(=O)Nc2ccccc2)ccc1-c1ccsc1. The lowest BCUT2D eigenvalue weighted by atomic mass is 9.95. The summed E-state index contributed by atoms with van der Waals surface area (Å²) in [5.74, 6) is 0.0429. The van der Waals surface area contributed by atoms with Crippen molar-refractivity contribution in [2.75, 3.05) is 4.72 Å². The highest BCUT2D eigenvalue weighted by atomic mass is 32.2. The molecule has 0 saturated heterocycles. The first-order chi connectivity index (χ1) is 15.4. The molecular formula is C26H23NO3S2. The predicted octanol–water partition coefficient (Wildman–Crippen LogP) is 5.88. The normalized spacial score (nSPS) is 11.3. The van der Waals surface area contributed by atoms with Crippen LogP contribution in [0.15, 0.2) is 94.5 Å². The van der Waals surface area contributed by atoms with Crippen molar-refractivity contribution in [2.24, 2.45) is 0 Å². The Hall–Kier alpha value is -3.22. The van der Waals surface area contributed by atoms with E-state index in [4.69, 9.17) is 0 Å². The summed E-state index contributed by atoms with van der Waals surface area (Å²) in [6.07, 6.45) is 0.475. The Kier molecular flexibility index (Phi) is 6.53. The van der Waals surface area contributed by atoms with Crippen LogP contribution in [0.4, 0.5) is 5.69 Å². The van der Waals surface area contributed by atoms with E-state index >= 15 is 0 Å². The third kappa shape index (κ3) is 5.15. The summed E-state index contributed by atoms with van der Waals surface area (Å²) in [6.45, 7) is 1.99. The second-order valence-corrected chi connectivity index (χ2v) is 10.1. The molecule has 0 unspecified atom stereocenters. The maximum Gasteiger partial charge on any atom is 0.261 e. The fraction of sp³-hybridized carbons (Fsp3) is 0.115.